The standard InChI is InChI=1S/C13H10N2O2S/c1-18-11-10(12(16)15-13(11)17)8-6-14-9-5-3-2-4-7(8)9/h2-6,14H,1H3,(H,15,16,17). The molecule has 3 rings (SSSR count). The van der Waals surface area contributed by atoms with Gasteiger partial charge in [-0.15, -0.1) is 11.8 Å². The highest BCUT2D eigenvalue weighted by atomic mass is 32.2. The Bertz CT molecular complexity index is 700. The summed E-state index contributed by atoms with van der Waals surface area (Å²) >= 11 is 1.29. The fourth-order valence-corrected chi connectivity index (χ4v) is 2.80. The van der Waals surface area contributed by atoms with Crippen molar-refractivity contribution < 1.29 is 9.59 Å². The van der Waals surface area contributed by atoms with Gasteiger partial charge in [0.2, 0.25) is 0 Å². The zero-order chi connectivity index (χ0) is 12.7. The number of H-pyrrole nitrogens is 1. The number of benzene rings is 1. The summed E-state index contributed by atoms with van der Waals surface area (Å²) in [6, 6.07) is 7.70. The molecule has 1 aromatic heterocycles. The van der Waals surface area contributed by atoms with Crippen LogP contribution in [0.15, 0.2) is 35.4 Å². The number of fused-ring (bicyclic) bond motifs is 1. The zero-order valence-corrected chi connectivity index (χ0v) is 10.4. The molecule has 0 atom stereocenters. The molecule has 0 aliphatic carbocycles. The quantitative estimate of drug-likeness (QED) is 0.809. The van der Waals surface area contributed by atoms with Gasteiger partial charge in [0, 0.05) is 22.7 Å². The first-order chi connectivity index (χ1) is 8.72. The largest absolute Gasteiger partial charge is 0.361 e. The van der Waals surface area contributed by atoms with Crippen LogP contribution in [0.25, 0.3) is 16.5 Å². The molecule has 0 radical (unpaired) electrons. The molecular formula is C13H10N2O2S. The maximum atomic E-state index is 11.9. The molecule has 1 aromatic carbocycles. The predicted molar refractivity (Wildman–Crippen MR) is 71.9 cm³/mol. The van der Waals surface area contributed by atoms with E-state index in [2.05, 4.69) is 10.3 Å². The lowest BCUT2D eigenvalue weighted by molar-refractivity contribution is -0.123. The van der Waals surface area contributed by atoms with Gasteiger partial charge in [0.25, 0.3) is 11.8 Å². The monoisotopic (exact) mass is 258 g/mol. The Labute approximate surface area is 107 Å². The number of rotatable bonds is 2. The minimum atomic E-state index is -0.325. The van der Waals surface area contributed by atoms with Gasteiger partial charge in [0.1, 0.15) is 0 Å². The minimum Gasteiger partial charge on any atom is -0.361 e. The van der Waals surface area contributed by atoms with E-state index in [9.17, 15) is 9.59 Å². The van der Waals surface area contributed by atoms with Crippen LogP contribution in [0.1, 0.15) is 5.56 Å². The molecule has 4 nitrogen and oxygen atoms in total. The number of aromatic amines is 1. The highest BCUT2D eigenvalue weighted by Crippen LogP contribution is 2.33. The van der Waals surface area contributed by atoms with Crippen LogP contribution in [-0.2, 0) is 9.59 Å². The second-order valence-corrected chi connectivity index (χ2v) is 4.76. The Morgan fingerprint density at radius 3 is 2.67 bits per heavy atom. The summed E-state index contributed by atoms with van der Waals surface area (Å²) in [7, 11) is 0. The predicted octanol–water partition coefficient (Wildman–Crippen LogP) is 1.90. The second kappa shape index (κ2) is 4.03. The molecule has 2 aromatic rings. The van der Waals surface area contributed by atoms with Gasteiger partial charge in [0.15, 0.2) is 0 Å². The lowest BCUT2D eigenvalue weighted by Gasteiger charge is -1.99. The summed E-state index contributed by atoms with van der Waals surface area (Å²) in [6.07, 6.45) is 3.57. The zero-order valence-electron chi connectivity index (χ0n) is 9.61. The molecule has 0 saturated heterocycles. The summed E-state index contributed by atoms with van der Waals surface area (Å²) in [4.78, 5) is 27.1. The lowest BCUT2D eigenvalue weighted by atomic mass is 10.1. The number of nitrogens with one attached hydrogen (secondary N) is 2. The molecular weight excluding hydrogens is 248 g/mol. The summed E-state index contributed by atoms with van der Waals surface area (Å²) in [5.74, 6) is -0.637. The third-order valence-electron chi connectivity index (χ3n) is 2.95. The van der Waals surface area contributed by atoms with Crippen LogP contribution in [0, 0.1) is 0 Å². The number of hydrogen-bond donors (Lipinski definition) is 2. The Morgan fingerprint density at radius 1 is 1.11 bits per heavy atom. The minimum absolute atomic E-state index is 0.312. The van der Waals surface area contributed by atoms with Gasteiger partial charge in [-0.3, -0.25) is 14.9 Å². The van der Waals surface area contributed by atoms with Gasteiger partial charge in [-0.05, 0) is 12.3 Å². The molecule has 2 amide bonds. The molecule has 18 heavy (non-hydrogen) atoms. The van der Waals surface area contributed by atoms with Crippen molar-refractivity contribution in [2.75, 3.05) is 6.26 Å². The van der Waals surface area contributed by atoms with Crippen LogP contribution in [0.5, 0.6) is 0 Å². The van der Waals surface area contributed by atoms with E-state index in [0.717, 1.165) is 16.5 Å². The van der Waals surface area contributed by atoms with Crippen molar-refractivity contribution in [1.29, 1.82) is 0 Å². The van der Waals surface area contributed by atoms with Crippen LogP contribution < -0.4 is 5.32 Å². The fourth-order valence-electron chi connectivity index (χ4n) is 2.16. The Morgan fingerprint density at radius 2 is 1.89 bits per heavy atom. The molecule has 1 aliphatic heterocycles. The summed E-state index contributed by atoms with van der Waals surface area (Å²) < 4.78 is 0. The van der Waals surface area contributed by atoms with Gasteiger partial charge in [-0.25, -0.2) is 0 Å². The van der Waals surface area contributed by atoms with E-state index in [0.29, 0.717) is 10.5 Å². The van der Waals surface area contributed by atoms with Gasteiger partial charge < -0.3 is 4.98 Å². The van der Waals surface area contributed by atoms with E-state index < -0.39 is 0 Å². The van der Waals surface area contributed by atoms with Crippen LogP contribution in [0.4, 0.5) is 0 Å². The van der Waals surface area contributed by atoms with Crippen LogP contribution in [0.2, 0.25) is 0 Å². The summed E-state index contributed by atoms with van der Waals surface area (Å²) in [5, 5.41) is 3.28. The number of amides is 2. The topological polar surface area (TPSA) is 62.0 Å². The molecule has 5 heteroatoms. The Hall–Kier alpha value is -2.01. The van der Waals surface area contributed by atoms with Crippen molar-refractivity contribution >= 4 is 40.1 Å². The molecule has 0 unspecified atom stereocenters. The molecule has 2 N–H and O–H groups in total. The van der Waals surface area contributed by atoms with Crippen LogP contribution >= 0.6 is 11.8 Å². The highest BCUT2D eigenvalue weighted by molar-refractivity contribution is 8.03. The third kappa shape index (κ3) is 1.48. The molecule has 0 saturated carbocycles. The maximum absolute atomic E-state index is 11.9. The number of thioether (sulfide) groups is 1. The van der Waals surface area contributed by atoms with Crippen molar-refractivity contribution in [3.05, 3.63) is 40.9 Å². The maximum Gasteiger partial charge on any atom is 0.265 e. The number of para-hydroxylation sites is 1. The first kappa shape index (κ1) is 11.1. The van der Waals surface area contributed by atoms with Crippen molar-refractivity contribution in [1.82, 2.24) is 10.3 Å². The van der Waals surface area contributed by atoms with Crippen molar-refractivity contribution in [3.63, 3.8) is 0 Å². The number of hydrogen-bond acceptors (Lipinski definition) is 3. The smallest absolute Gasteiger partial charge is 0.265 e. The van der Waals surface area contributed by atoms with E-state index in [-0.39, 0.29) is 11.8 Å². The van der Waals surface area contributed by atoms with Gasteiger partial charge in [-0.1, -0.05) is 18.2 Å². The fraction of sp³-hybridized carbons (Fsp3) is 0.0769. The van der Waals surface area contributed by atoms with E-state index in [1.165, 1.54) is 11.8 Å². The SMILES string of the molecule is CSC1=C(c2c[nH]c3ccccc23)C(=O)NC1=O. The van der Waals surface area contributed by atoms with Gasteiger partial charge in [0.05, 0.1) is 10.5 Å². The van der Waals surface area contributed by atoms with Crippen LogP contribution in [0.3, 0.4) is 0 Å². The van der Waals surface area contributed by atoms with Crippen LogP contribution in [-0.4, -0.2) is 23.1 Å². The van der Waals surface area contributed by atoms with Gasteiger partial charge >= 0.3 is 0 Å². The number of carbonyl (C=O) groups excluding carboxylic acids is 2. The van der Waals surface area contributed by atoms with E-state index in [1.807, 2.05) is 24.3 Å². The summed E-state index contributed by atoms with van der Waals surface area (Å²) in [5.41, 5.74) is 2.19. The number of aromatic nitrogens is 1. The Balaban J connectivity index is 2.29. The summed E-state index contributed by atoms with van der Waals surface area (Å²) in [6.45, 7) is 0. The number of imide groups is 1. The number of carbonyl (C=O) groups is 2. The average Bonchev–Trinajstić information content (AvgIpc) is 2.89. The first-order valence-electron chi connectivity index (χ1n) is 5.43. The molecule has 1 aliphatic rings. The second-order valence-electron chi connectivity index (χ2n) is 3.94. The van der Waals surface area contributed by atoms with E-state index in [4.69, 9.17) is 0 Å². The molecule has 2 heterocycles. The van der Waals surface area contributed by atoms with Crippen molar-refractivity contribution in [2.24, 2.45) is 0 Å². The molecule has 0 fully saturated rings. The highest BCUT2D eigenvalue weighted by Gasteiger charge is 2.31. The molecule has 0 bridgehead atoms. The average molecular weight is 258 g/mol. The van der Waals surface area contributed by atoms with Crippen molar-refractivity contribution in [3.8, 4) is 0 Å². The Kier molecular flexibility index (Phi) is 2.48. The molecule has 90 valence electrons. The molecule has 0 spiro atoms. The van der Waals surface area contributed by atoms with E-state index in [1.54, 1.807) is 12.5 Å². The van der Waals surface area contributed by atoms with Gasteiger partial charge in [-0.2, -0.15) is 0 Å². The van der Waals surface area contributed by atoms with Crippen molar-refractivity contribution in [2.45, 2.75) is 0 Å². The normalized spacial score (nSPS) is 15.6. The van der Waals surface area contributed by atoms with E-state index >= 15 is 0 Å². The third-order valence-corrected chi connectivity index (χ3v) is 3.75. The lowest BCUT2D eigenvalue weighted by Crippen LogP contribution is -2.22. The first-order valence-corrected chi connectivity index (χ1v) is 6.65.